The fraction of sp³-hybridized carbons (Fsp3) is 0. The molecule has 0 saturated carbocycles. The summed E-state index contributed by atoms with van der Waals surface area (Å²) in [5.41, 5.74) is 6.02. The van der Waals surface area contributed by atoms with Crippen molar-refractivity contribution in [3.05, 3.63) is 45.2 Å². The molecule has 2 N–H and O–H groups in total. The zero-order valence-corrected chi connectivity index (χ0v) is 9.18. The van der Waals surface area contributed by atoms with Gasteiger partial charge in [0, 0.05) is 6.20 Å². The number of ketones is 1. The summed E-state index contributed by atoms with van der Waals surface area (Å²) in [6.07, 6.45) is 1.55. The fourth-order valence-electron chi connectivity index (χ4n) is 1.18. The van der Waals surface area contributed by atoms with Crippen molar-refractivity contribution in [2.45, 2.75) is 0 Å². The average molecular weight is 239 g/mol. The monoisotopic (exact) mass is 238 g/mol. The van der Waals surface area contributed by atoms with E-state index in [1.54, 1.807) is 30.5 Å². The van der Waals surface area contributed by atoms with E-state index in [9.17, 15) is 4.79 Å². The third-order valence-corrected chi connectivity index (χ3v) is 3.11. The molecule has 0 aliphatic carbocycles. The highest BCUT2D eigenvalue weighted by Crippen LogP contribution is 2.24. The molecule has 0 aliphatic heterocycles. The molecule has 0 unspecified atom stereocenters. The van der Waals surface area contributed by atoms with Crippen LogP contribution < -0.4 is 5.73 Å². The first kappa shape index (κ1) is 10.1. The highest BCUT2D eigenvalue weighted by Gasteiger charge is 2.14. The minimum Gasteiger partial charge on any atom is -0.383 e. The quantitative estimate of drug-likeness (QED) is 0.819. The van der Waals surface area contributed by atoms with Crippen LogP contribution in [0.3, 0.4) is 0 Å². The van der Waals surface area contributed by atoms with E-state index in [1.807, 2.05) is 0 Å². The summed E-state index contributed by atoms with van der Waals surface area (Å²) in [6, 6.07) is 6.70. The lowest BCUT2D eigenvalue weighted by atomic mass is 10.1. The van der Waals surface area contributed by atoms with Gasteiger partial charge in [0.15, 0.2) is 0 Å². The first-order chi connectivity index (χ1) is 7.18. The lowest BCUT2D eigenvalue weighted by Crippen LogP contribution is -2.04. The lowest BCUT2D eigenvalue weighted by molar-refractivity contribution is 0.104. The second kappa shape index (κ2) is 4.00. The minimum absolute atomic E-state index is 0.141. The fourth-order valence-corrected chi connectivity index (χ4v) is 2.18. The molecule has 0 radical (unpaired) electrons. The number of hydrogen-bond donors (Lipinski definition) is 1. The first-order valence-electron chi connectivity index (χ1n) is 4.19. The van der Waals surface area contributed by atoms with E-state index < -0.39 is 0 Å². The van der Waals surface area contributed by atoms with Crippen LogP contribution in [0.1, 0.15) is 15.2 Å². The van der Waals surface area contributed by atoms with E-state index in [0.717, 1.165) is 0 Å². The lowest BCUT2D eigenvalue weighted by Gasteiger charge is -2.00. The molecule has 0 bridgehead atoms. The van der Waals surface area contributed by atoms with E-state index in [0.29, 0.717) is 14.8 Å². The van der Waals surface area contributed by atoms with Crippen molar-refractivity contribution >= 4 is 34.5 Å². The van der Waals surface area contributed by atoms with Crippen LogP contribution in [0.2, 0.25) is 4.34 Å². The summed E-state index contributed by atoms with van der Waals surface area (Å²) in [7, 11) is 0. The third-order valence-electron chi connectivity index (χ3n) is 1.88. The van der Waals surface area contributed by atoms with Crippen molar-refractivity contribution in [1.82, 2.24) is 4.98 Å². The number of carbonyl (C=O) groups excluding carboxylic acids is 1. The Labute approximate surface area is 95.5 Å². The maximum absolute atomic E-state index is 11.9. The van der Waals surface area contributed by atoms with Crippen LogP contribution in [0.5, 0.6) is 0 Å². The van der Waals surface area contributed by atoms with E-state index >= 15 is 0 Å². The Hall–Kier alpha value is -1.39. The van der Waals surface area contributed by atoms with Gasteiger partial charge in [-0.2, -0.15) is 0 Å². The van der Waals surface area contributed by atoms with Crippen LogP contribution in [0.25, 0.3) is 0 Å². The number of anilines is 1. The van der Waals surface area contributed by atoms with Crippen molar-refractivity contribution < 1.29 is 4.79 Å². The van der Waals surface area contributed by atoms with Crippen LogP contribution in [0.4, 0.5) is 5.82 Å². The van der Waals surface area contributed by atoms with E-state index in [4.69, 9.17) is 17.3 Å². The van der Waals surface area contributed by atoms with Crippen molar-refractivity contribution in [3.8, 4) is 0 Å². The molecule has 2 heterocycles. The number of thiophene rings is 1. The molecule has 76 valence electrons. The predicted molar refractivity (Wildman–Crippen MR) is 61.4 cm³/mol. The Morgan fingerprint density at radius 2 is 2.20 bits per heavy atom. The van der Waals surface area contributed by atoms with Crippen LogP contribution in [0.15, 0.2) is 30.5 Å². The average Bonchev–Trinajstić information content (AvgIpc) is 2.65. The molecule has 2 aromatic rings. The largest absolute Gasteiger partial charge is 0.383 e. The normalized spacial score (nSPS) is 10.2. The van der Waals surface area contributed by atoms with Crippen molar-refractivity contribution in [3.63, 3.8) is 0 Å². The summed E-state index contributed by atoms with van der Waals surface area (Å²) in [6.45, 7) is 0. The van der Waals surface area contributed by atoms with Gasteiger partial charge in [0.25, 0.3) is 0 Å². The second-order valence-electron chi connectivity index (χ2n) is 2.87. The van der Waals surface area contributed by atoms with Gasteiger partial charge in [-0.3, -0.25) is 4.79 Å². The summed E-state index contributed by atoms with van der Waals surface area (Å²) >= 11 is 6.98. The SMILES string of the molecule is Nc1ncccc1C(=O)c1ccc(Cl)s1. The topological polar surface area (TPSA) is 56.0 Å². The zero-order chi connectivity index (χ0) is 10.8. The van der Waals surface area contributed by atoms with Gasteiger partial charge in [-0.1, -0.05) is 11.6 Å². The number of nitrogen functional groups attached to an aromatic ring is 1. The molecule has 3 nitrogen and oxygen atoms in total. The number of pyridine rings is 1. The van der Waals surface area contributed by atoms with Gasteiger partial charge in [0.05, 0.1) is 14.8 Å². The van der Waals surface area contributed by atoms with Gasteiger partial charge in [-0.15, -0.1) is 11.3 Å². The third kappa shape index (κ3) is 2.00. The van der Waals surface area contributed by atoms with E-state index in [-0.39, 0.29) is 11.6 Å². The number of rotatable bonds is 2. The van der Waals surface area contributed by atoms with Crippen LogP contribution in [-0.2, 0) is 0 Å². The number of aromatic nitrogens is 1. The number of hydrogen-bond acceptors (Lipinski definition) is 4. The summed E-state index contributed by atoms with van der Waals surface area (Å²) in [4.78, 5) is 16.3. The van der Waals surface area contributed by atoms with Gasteiger partial charge in [-0.25, -0.2) is 4.98 Å². The first-order valence-corrected chi connectivity index (χ1v) is 5.38. The Balaban J connectivity index is 2.41. The highest BCUT2D eigenvalue weighted by molar-refractivity contribution is 7.18. The zero-order valence-electron chi connectivity index (χ0n) is 7.61. The Morgan fingerprint density at radius 1 is 1.40 bits per heavy atom. The molecule has 0 fully saturated rings. The maximum Gasteiger partial charge on any atom is 0.206 e. The number of carbonyl (C=O) groups is 1. The molecule has 0 aliphatic rings. The summed E-state index contributed by atoms with van der Waals surface area (Å²) in [5.74, 6) is 0.101. The molecule has 0 saturated heterocycles. The minimum atomic E-state index is -0.141. The molecule has 2 rings (SSSR count). The Morgan fingerprint density at radius 3 is 2.80 bits per heavy atom. The van der Waals surface area contributed by atoms with Gasteiger partial charge in [0.1, 0.15) is 5.82 Å². The number of halogens is 1. The molecule has 5 heteroatoms. The highest BCUT2D eigenvalue weighted by atomic mass is 35.5. The summed E-state index contributed by atoms with van der Waals surface area (Å²) < 4.78 is 0.584. The van der Waals surface area contributed by atoms with Crippen LogP contribution >= 0.6 is 22.9 Å². The molecule has 2 aromatic heterocycles. The standard InChI is InChI=1S/C10H7ClN2OS/c11-8-4-3-7(15-8)9(14)6-2-1-5-13-10(6)12/h1-5H,(H2,12,13). The molecule has 0 atom stereocenters. The van der Waals surface area contributed by atoms with E-state index in [2.05, 4.69) is 4.98 Å². The molecule has 15 heavy (non-hydrogen) atoms. The van der Waals surface area contributed by atoms with Gasteiger partial charge in [0.2, 0.25) is 5.78 Å². The van der Waals surface area contributed by atoms with Crippen LogP contribution in [0, 0.1) is 0 Å². The van der Waals surface area contributed by atoms with Gasteiger partial charge < -0.3 is 5.73 Å². The van der Waals surface area contributed by atoms with E-state index in [1.165, 1.54) is 11.3 Å². The Bertz CT molecular complexity index is 510. The maximum atomic E-state index is 11.9. The van der Waals surface area contributed by atoms with Gasteiger partial charge >= 0.3 is 0 Å². The molecule has 0 spiro atoms. The Kier molecular flexibility index (Phi) is 2.70. The van der Waals surface area contributed by atoms with Crippen molar-refractivity contribution in [2.24, 2.45) is 0 Å². The van der Waals surface area contributed by atoms with Crippen molar-refractivity contribution in [1.29, 1.82) is 0 Å². The second-order valence-corrected chi connectivity index (χ2v) is 4.58. The molecular weight excluding hydrogens is 232 g/mol. The van der Waals surface area contributed by atoms with Crippen LogP contribution in [-0.4, -0.2) is 10.8 Å². The van der Waals surface area contributed by atoms with Crippen molar-refractivity contribution in [2.75, 3.05) is 5.73 Å². The number of nitrogens with two attached hydrogens (primary N) is 1. The molecule has 0 aromatic carbocycles. The smallest absolute Gasteiger partial charge is 0.206 e. The summed E-state index contributed by atoms with van der Waals surface area (Å²) in [5, 5.41) is 0. The molecule has 0 amide bonds. The molecular formula is C10H7ClN2OS. The van der Waals surface area contributed by atoms with Gasteiger partial charge in [-0.05, 0) is 24.3 Å². The predicted octanol–water partition coefficient (Wildman–Crippen LogP) is 2.61. The number of nitrogens with zero attached hydrogens (tertiary/aromatic N) is 1.